The molecule has 2 N–H and O–H groups in total. The molecule has 0 fully saturated rings. The molecule has 0 saturated heterocycles. The highest BCUT2D eigenvalue weighted by Crippen LogP contribution is 2.19. The Bertz CT molecular complexity index is 863. The highest BCUT2D eigenvalue weighted by Gasteiger charge is 2.17. The summed E-state index contributed by atoms with van der Waals surface area (Å²) in [6.07, 6.45) is 1.63. The molecule has 0 bridgehead atoms. The smallest absolute Gasteiger partial charge is 0.343 e. The van der Waals surface area contributed by atoms with Crippen molar-refractivity contribution in [2.45, 2.75) is 13.8 Å². The summed E-state index contributed by atoms with van der Waals surface area (Å²) in [6.45, 7) is 4.10. The number of rotatable bonds is 5. The molecule has 0 aliphatic carbocycles. The number of carbonyl (C=O) groups is 1. The molecule has 0 atom stereocenters. The third-order valence-electron chi connectivity index (χ3n) is 3.54. The largest absolute Gasteiger partial charge is 0.462 e. The number of carbonyl (C=O) groups excluding carboxylic acids is 1. The van der Waals surface area contributed by atoms with Gasteiger partial charge in [-0.05, 0) is 43.7 Å². The first kappa shape index (κ1) is 15.8. The van der Waals surface area contributed by atoms with E-state index in [2.05, 4.69) is 15.3 Å². The minimum Gasteiger partial charge on any atom is -0.462 e. The number of H-pyrrole nitrogens is 1. The summed E-state index contributed by atoms with van der Waals surface area (Å²) in [5.74, 6) is 0.0616. The van der Waals surface area contributed by atoms with Crippen LogP contribution in [-0.2, 0) is 9.53 Å². The molecule has 3 aromatic rings. The van der Waals surface area contributed by atoms with Gasteiger partial charge in [-0.25, -0.2) is 9.78 Å². The van der Waals surface area contributed by atoms with Crippen LogP contribution in [0.3, 0.4) is 0 Å². The molecule has 3 rings (SSSR count). The molecule has 122 valence electrons. The zero-order valence-corrected chi connectivity index (χ0v) is 13.7. The minimum atomic E-state index is -0.420. The Morgan fingerprint density at radius 1 is 1.25 bits per heavy atom. The van der Waals surface area contributed by atoms with Crippen molar-refractivity contribution in [2.24, 2.45) is 0 Å². The van der Waals surface area contributed by atoms with Gasteiger partial charge in [-0.2, -0.15) is 0 Å². The number of fused-ring (bicyclic) bond motifs is 1. The van der Waals surface area contributed by atoms with Crippen molar-refractivity contribution >= 4 is 28.3 Å². The van der Waals surface area contributed by atoms with Gasteiger partial charge < -0.3 is 15.0 Å². The maximum atomic E-state index is 12.3. The summed E-state index contributed by atoms with van der Waals surface area (Å²) in [5, 5.41) is 3.14. The zero-order valence-electron chi connectivity index (χ0n) is 13.7. The molecule has 5 heteroatoms. The molecule has 0 radical (unpaired) electrons. The number of hydrogen-bond acceptors (Lipinski definition) is 4. The van der Waals surface area contributed by atoms with Gasteiger partial charge in [0.25, 0.3) is 0 Å². The highest BCUT2D eigenvalue weighted by molar-refractivity contribution is 6.16. The SMILES string of the molecule is CCOC(=O)/C(=C\Nc1cccc(C)c1)c1nc2ccccc2[nH]1. The van der Waals surface area contributed by atoms with Gasteiger partial charge >= 0.3 is 5.97 Å². The summed E-state index contributed by atoms with van der Waals surface area (Å²) < 4.78 is 5.16. The molecule has 24 heavy (non-hydrogen) atoms. The molecule has 0 aliphatic rings. The van der Waals surface area contributed by atoms with E-state index in [1.54, 1.807) is 13.1 Å². The first-order valence-corrected chi connectivity index (χ1v) is 7.83. The van der Waals surface area contributed by atoms with E-state index < -0.39 is 5.97 Å². The van der Waals surface area contributed by atoms with E-state index in [1.165, 1.54) is 0 Å². The van der Waals surface area contributed by atoms with Gasteiger partial charge in [-0.1, -0.05) is 24.3 Å². The molecule has 5 nitrogen and oxygen atoms in total. The lowest BCUT2D eigenvalue weighted by Gasteiger charge is -2.07. The van der Waals surface area contributed by atoms with Crippen LogP contribution in [0, 0.1) is 6.92 Å². The van der Waals surface area contributed by atoms with E-state index in [1.807, 2.05) is 55.5 Å². The molecule has 2 aromatic carbocycles. The number of esters is 1. The number of nitrogens with zero attached hydrogens (tertiary/aromatic N) is 1. The van der Waals surface area contributed by atoms with Gasteiger partial charge in [0, 0.05) is 11.9 Å². The summed E-state index contributed by atoms with van der Waals surface area (Å²) in [5.41, 5.74) is 4.06. The highest BCUT2D eigenvalue weighted by atomic mass is 16.5. The summed E-state index contributed by atoms with van der Waals surface area (Å²) in [6, 6.07) is 15.5. The molecule has 0 unspecified atom stereocenters. The van der Waals surface area contributed by atoms with Crippen molar-refractivity contribution in [3.05, 3.63) is 66.1 Å². The third-order valence-corrected chi connectivity index (χ3v) is 3.54. The fourth-order valence-corrected chi connectivity index (χ4v) is 2.40. The van der Waals surface area contributed by atoms with Gasteiger partial charge in [0.05, 0.1) is 17.6 Å². The van der Waals surface area contributed by atoms with E-state index in [4.69, 9.17) is 4.74 Å². The van der Waals surface area contributed by atoms with E-state index in [9.17, 15) is 4.79 Å². The van der Waals surface area contributed by atoms with Gasteiger partial charge in [-0.15, -0.1) is 0 Å². The van der Waals surface area contributed by atoms with Crippen LogP contribution in [0.4, 0.5) is 5.69 Å². The summed E-state index contributed by atoms with van der Waals surface area (Å²) in [4.78, 5) is 20.0. The van der Waals surface area contributed by atoms with Crippen LogP contribution in [-0.4, -0.2) is 22.5 Å². The Morgan fingerprint density at radius 3 is 2.83 bits per heavy atom. The Hall–Kier alpha value is -3.08. The van der Waals surface area contributed by atoms with Crippen LogP contribution < -0.4 is 5.32 Å². The number of imidazole rings is 1. The van der Waals surface area contributed by atoms with E-state index in [0.29, 0.717) is 18.0 Å². The van der Waals surface area contributed by atoms with Crippen molar-refractivity contribution < 1.29 is 9.53 Å². The van der Waals surface area contributed by atoms with E-state index in [0.717, 1.165) is 22.3 Å². The molecule has 0 spiro atoms. The molecule has 0 aliphatic heterocycles. The minimum absolute atomic E-state index is 0.306. The Morgan fingerprint density at radius 2 is 2.08 bits per heavy atom. The topological polar surface area (TPSA) is 67.0 Å². The lowest BCUT2D eigenvalue weighted by molar-refractivity contribution is -0.136. The van der Waals surface area contributed by atoms with E-state index in [-0.39, 0.29) is 0 Å². The first-order chi connectivity index (χ1) is 11.7. The predicted octanol–water partition coefficient (Wildman–Crippen LogP) is 3.89. The summed E-state index contributed by atoms with van der Waals surface area (Å²) in [7, 11) is 0. The number of hydrogen-bond donors (Lipinski definition) is 2. The zero-order chi connectivity index (χ0) is 16.9. The molecular weight excluding hydrogens is 302 g/mol. The second kappa shape index (κ2) is 7.00. The van der Waals surface area contributed by atoms with Crippen LogP contribution in [0.5, 0.6) is 0 Å². The number of aromatic amines is 1. The number of aromatic nitrogens is 2. The van der Waals surface area contributed by atoms with E-state index >= 15 is 0 Å². The first-order valence-electron chi connectivity index (χ1n) is 7.83. The Balaban J connectivity index is 1.96. The maximum absolute atomic E-state index is 12.3. The lowest BCUT2D eigenvalue weighted by atomic mass is 10.2. The molecule has 1 heterocycles. The number of para-hydroxylation sites is 2. The molecular formula is C19H19N3O2. The number of ether oxygens (including phenoxy) is 1. The molecule has 1 aromatic heterocycles. The van der Waals surface area contributed by atoms with Crippen molar-refractivity contribution in [2.75, 3.05) is 11.9 Å². The predicted molar refractivity (Wildman–Crippen MR) is 95.5 cm³/mol. The third kappa shape index (κ3) is 3.46. The average molecular weight is 321 g/mol. The lowest BCUT2D eigenvalue weighted by Crippen LogP contribution is -2.09. The van der Waals surface area contributed by atoms with Crippen LogP contribution in [0.1, 0.15) is 18.3 Å². The van der Waals surface area contributed by atoms with Gasteiger partial charge in [-0.3, -0.25) is 0 Å². The monoisotopic (exact) mass is 321 g/mol. The Labute approximate surface area is 140 Å². The quantitative estimate of drug-likeness (QED) is 0.553. The maximum Gasteiger partial charge on any atom is 0.343 e. The summed E-state index contributed by atoms with van der Waals surface area (Å²) >= 11 is 0. The second-order valence-electron chi connectivity index (χ2n) is 5.39. The van der Waals surface area contributed by atoms with Gasteiger partial charge in [0.1, 0.15) is 11.4 Å². The molecule has 0 saturated carbocycles. The Kier molecular flexibility index (Phi) is 4.61. The number of anilines is 1. The van der Waals surface area contributed by atoms with Gasteiger partial charge in [0.15, 0.2) is 0 Å². The second-order valence-corrected chi connectivity index (χ2v) is 5.39. The van der Waals surface area contributed by atoms with Crippen molar-refractivity contribution in [1.82, 2.24) is 9.97 Å². The van der Waals surface area contributed by atoms with Gasteiger partial charge in [0.2, 0.25) is 0 Å². The average Bonchev–Trinajstić information content (AvgIpc) is 2.99. The number of benzene rings is 2. The van der Waals surface area contributed by atoms with Crippen LogP contribution in [0.2, 0.25) is 0 Å². The van der Waals surface area contributed by atoms with Crippen molar-refractivity contribution in [3.8, 4) is 0 Å². The van der Waals surface area contributed by atoms with Crippen LogP contribution in [0.15, 0.2) is 54.7 Å². The molecule has 0 amide bonds. The van der Waals surface area contributed by atoms with Crippen molar-refractivity contribution in [3.63, 3.8) is 0 Å². The van der Waals surface area contributed by atoms with Crippen LogP contribution >= 0.6 is 0 Å². The fourth-order valence-electron chi connectivity index (χ4n) is 2.40. The van der Waals surface area contributed by atoms with Crippen LogP contribution in [0.25, 0.3) is 16.6 Å². The fraction of sp³-hybridized carbons (Fsp3) is 0.158. The number of aryl methyl sites for hydroxylation is 1. The standard InChI is InChI=1S/C19H19N3O2/c1-3-24-19(23)15(12-20-14-8-6-7-13(2)11-14)18-21-16-9-4-5-10-17(16)22-18/h4-12,20H,3H2,1-2H3,(H,21,22)/b15-12-. The number of nitrogens with one attached hydrogen (secondary N) is 2. The van der Waals surface area contributed by atoms with Crippen molar-refractivity contribution in [1.29, 1.82) is 0 Å². The normalized spacial score (nSPS) is 11.5.